The van der Waals surface area contributed by atoms with Crippen molar-refractivity contribution in [1.29, 1.82) is 0 Å². The van der Waals surface area contributed by atoms with Gasteiger partial charge in [-0.05, 0) is 43.7 Å². The molecule has 2 aromatic rings. The van der Waals surface area contributed by atoms with Gasteiger partial charge in [0.15, 0.2) is 0 Å². The molecule has 0 bridgehead atoms. The first-order valence-corrected chi connectivity index (χ1v) is 7.62. The molecule has 6 heteroatoms. The Bertz CT molecular complexity index is 728. The maximum absolute atomic E-state index is 12.7. The third-order valence-corrected chi connectivity index (χ3v) is 3.87. The van der Waals surface area contributed by atoms with Crippen molar-refractivity contribution in [1.82, 2.24) is 9.88 Å². The fraction of sp³-hybridized carbons (Fsp3) is 0.278. The number of carboxylic acid groups (broad SMARTS) is 1. The summed E-state index contributed by atoms with van der Waals surface area (Å²) in [5.41, 5.74) is 1.23. The number of carbonyl (C=O) groups is 2. The second-order valence-corrected chi connectivity index (χ2v) is 5.28. The quantitative estimate of drug-likeness (QED) is 0.881. The summed E-state index contributed by atoms with van der Waals surface area (Å²) < 4.78 is 5.23. The van der Waals surface area contributed by atoms with Crippen molar-refractivity contribution in [2.45, 2.75) is 19.9 Å². The SMILES string of the molecule is CCN(C(=O)c1ccc(C(=O)O)nc1)C(C)c1cccc(OC)c1. The third kappa shape index (κ3) is 3.71. The fourth-order valence-electron chi connectivity index (χ4n) is 2.49. The number of amides is 1. The maximum Gasteiger partial charge on any atom is 0.354 e. The lowest BCUT2D eigenvalue weighted by atomic mass is 10.1. The van der Waals surface area contributed by atoms with Gasteiger partial charge in [0.1, 0.15) is 11.4 Å². The second kappa shape index (κ2) is 7.59. The van der Waals surface area contributed by atoms with Gasteiger partial charge in [0.25, 0.3) is 5.91 Å². The number of methoxy groups -OCH3 is 1. The fourth-order valence-corrected chi connectivity index (χ4v) is 2.49. The molecule has 6 nitrogen and oxygen atoms in total. The van der Waals surface area contributed by atoms with Crippen LogP contribution in [-0.2, 0) is 0 Å². The number of pyridine rings is 1. The molecule has 1 heterocycles. The third-order valence-electron chi connectivity index (χ3n) is 3.87. The molecule has 2 rings (SSSR count). The van der Waals surface area contributed by atoms with Gasteiger partial charge < -0.3 is 14.7 Å². The van der Waals surface area contributed by atoms with Crippen LogP contribution in [0, 0.1) is 0 Å². The lowest BCUT2D eigenvalue weighted by molar-refractivity contribution is 0.0679. The van der Waals surface area contributed by atoms with E-state index in [1.807, 2.05) is 38.1 Å². The molecule has 1 aromatic heterocycles. The van der Waals surface area contributed by atoms with Gasteiger partial charge >= 0.3 is 5.97 Å². The summed E-state index contributed by atoms with van der Waals surface area (Å²) >= 11 is 0. The number of benzene rings is 1. The van der Waals surface area contributed by atoms with Gasteiger partial charge in [0.2, 0.25) is 0 Å². The number of aromatic nitrogens is 1. The van der Waals surface area contributed by atoms with Crippen LogP contribution < -0.4 is 4.74 Å². The number of carboxylic acids is 1. The Labute approximate surface area is 140 Å². The summed E-state index contributed by atoms with van der Waals surface area (Å²) in [6.07, 6.45) is 1.30. The molecule has 0 fully saturated rings. The molecule has 24 heavy (non-hydrogen) atoms. The van der Waals surface area contributed by atoms with Crippen molar-refractivity contribution in [3.63, 3.8) is 0 Å². The van der Waals surface area contributed by atoms with Crippen molar-refractivity contribution in [3.05, 3.63) is 59.4 Å². The van der Waals surface area contributed by atoms with Crippen LogP contribution in [0.15, 0.2) is 42.6 Å². The molecule has 1 aromatic carbocycles. The number of ether oxygens (including phenoxy) is 1. The van der Waals surface area contributed by atoms with E-state index < -0.39 is 5.97 Å². The minimum atomic E-state index is -1.12. The molecule has 0 spiro atoms. The molecular formula is C18H20N2O4. The maximum atomic E-state index is 12.7. The minimum Gasteiger partial charge on any atom is -0.497 e. The first-order chi connectivity index (χ1) is 11.5. The molecular weight excluding hydrogens is 308 g/mol. The molecule has 0 saturated heterocycles. The van der Waals surface area contributed by atoms with Gasteiger partial charge in [-0.3, -0.25) is 4.79 Å². The summed E-state index contributed by atoms with van der Waals surface area (Å²) in [6.45, 7) is 4.35. The van der Waals surface area contributed by atoms with E-state index >= 15 is 0 Å². The van der Waals surface area contributed by atoms with E-state index in [4.69, 9.17) is 9.84 Å². The lowest BCUT2D eigenvalue weighted by Gasteiger charge is -2.28. The number of aromatic carboxylic acids is 1. The highest BCUT2D eigenvalue weighted by molar-refractivity contribution is 5.95. The Morgan fingerprint density at radius 2 is 2.04 bits per heavy atom. The zero-order chi connectivity index (χ0) is 17.7. The summed E-state index contributed by atoms with van der Waals surface area (Å²) in [6, 6.07) is 10.2. The Morgan fingerprint density at radius 1 is 1.29 bits per heavy atom. The zero-order valence-electron chi connectivity index (χ0n) is 13.9. The predicted molar refractivity (Wildman–Crippen MR) is 89.3 cm³/mol. The van der Waals surface area contributed by atoms with Crippen LogP contribution in [0.25, 0.3) is 0 Å². The van der Waals surface area contributed by atoms with Gasteiger partial charge in [-0.15, -0.1) is 0 Å². The summed E-state index contributed by atoms with van der Waals surface area (Å²) in [5.74, 6) is -0.585. The molecule has 1 atom stereocenters. The van der Waals surface area contributed by atoms with E-state index in [1.54, 1.807) is 12.0 Å². The summed E-state index contributed by atoms with van der Waals surface area (Å²) in [7, 11) is 1.60. The first kappa shape index (κ1) is 17.5. The largest absolute Gasteiger partial charge is 0.497 e. The molecule has 0 aliphatic rings. The van der Waals surface area contributed by atoms with Crippen LogP contribution in [0.2, 0.25) is 0 Å². The highest BCUT2D eigenvalue weighted by Crippen LogP contribution is 2.25. The van der Waals surface area contributed by atoms with E-state index in [1.165, 1.54) is 18.3 Å². The average molecular weight is 328 g/mol. The molecule has 126 valence electrons. The van der Waals surface area contributed by atoms with E-state index in [0.717, 1.165) is 11.3 Å². The molecule has 1 N–H and O–H groups in total. The van der Waals surface area contributed by atoms with E-state index in [-0.39, 0.29) is 17.6 Å². The number of hydrogen-bond donors (Lipinski definition) is 1. The number of hydrogen-bond acceptors (Lipinski definition) is 4. The van der Waals surface area contributed by atoms with Crippen LogP contribution in [0.3, 0.4) is 0 Å². The monoisotopic (exact) mass is 328 g/mol. The van der Waals surface area contributed by atoms with Crippen LogP contribution in [0.5, 0.6) is 5.75 Å². The number of rotatable bonds is 6. The standard InChI is InChI=1S/C18H20N2O4/c1-4-20(12(2)13-6-5-7-15(10-13)24-3)17(21)14-8-9-16(18(22)23)19-11-14/h5-12H,4H2,1-3H3,(H,22,23). The van der Waals surface area contributed by atoms with Gasteiger partial charge in [0.05, 0.1) is 18.7 Å². The Kier molecular flexibility index (Phi) is 5.52. The summed E-state index contributed by atoms with van der Waals surface area (Å²) in [5, 5.41) is 8.89. The van der Waals surface area contributed by atoms with Crippen LogP contribution >= 0.6 is 0 Å². The van der Waals surface area contributed by atoms with Crippen molar-refractivity contribution in [3.8, 4) is 5.75 Å². The topological polar surface area (TPSA) is 79.7 Å². The minimum absolute atomic E-state index is 0.0876. The molecule has 1 unspecified atom stereocenters. The van der Waals surface area contributed by atoms with Crippen LogP contribution in [0.4, 0.5) is 0 Å². The molecule has 0 aliphatic carbocycles. The smallest absolute Gasteiger partial charge is 0.354 e. The van der Waals surface area contributed by atoms with Crippen molar-refractivity contribution < 1.29 is 19.4 Å². The van der Waals surface area contributed by atoms with E-state index in [2.05, 4.69) is 4.98 Å². The second-order valence-electron chi connectivity index (χ2n) is 5.28. The number of nitrogens with zero attached hydrogens (tertiary/aromatic N) is 2. The Balaban J connectivity index is 2.25. The van der Waals surface area contributed by atoms with E-state index in [9.17, 15) is 9.59 Å². The Hall–Kier alpha value is -2.89. The normalized spacial score (nSPS) is 11.6. The van der Waals surface area contributed by atoms with E-state index in [0.29, 0.717) is 12.1 Å². The highest BCUT2D eigenvalue weighted by Gasteiger charge is 2.22. The zero-order valence-corrected chi connectivity index (χ0v) is 13.9. The lowest BCUT2D eigenvalue weighted by Crippen LogP contribution is -2.33. The average Bonchev–Trinajstić information content (AvgIpc) is 2.62. The van der Waals surface area contributed by atoms with Gasteiger partial charge in [-0.2, -0.15) is 0 Å². The van der Waals surface area contributed by atoms with Crippen molar-refractivity contribution in [2.75, 3.05) is 13.7 Å². The number of carbonyl (C=O) groups excluding carboxylic acids is 1. The summed E-state index contributed by atoms with van der Waals surface area (Å²) in [4.78, 5) is 29.1. The predicted octanol–water partition coefficient (Wildman–Crippen LogP) is 3.01. The first-order valence-electron chi connectivity index (χ1n) is 7.62. The highest BCUT2D eigenvalue weighted by atomic mass is 16.5. The van der Waals surface area contributed by atoms with Crippen molar-refractivity contribution >= 4 is 11.9 Å². The molecule has 0 radical (unpaired) electrons. The molecule has 1 amide bonds. The van der Waals surface area contributed by atoms with Crippen LogP contribution in [-0.4, -0.2) is 40.5 Å². The molecule has 0 saturated carbocycles. The van der Waals surface area contributed by atoms with Gasteiger partial charge in [-0.1, -0.05) is 12.1 Å². The van der Waals surface area contributed by atoms with Crippen molar-refractivity contribution in [2.24, 2.45) is 0 Å². The van der Waals surface area contributed by atoms with Gasteiger partial charge in [0, 0.05) is 12.7 Å². The van der Waals surface area contributed by atoms with Gasteiger partial charge in [-0.25, -0.2) is 9.78 Å². The molecule has 0 aliphatic heterocycles. The Morgan fingerprint density at radius 3 is 2.58 bits per heavy atom. The van der Waals surface area contributed by atoms with Crippen LogP contribution in [0.1, 0.15) is 46.3 Å².